The van der Waals surface area contributed by atoms with Crippen molar-refractivity contribution < 1.29 is 0 Å². The lowest BCUT2D eigenvalue weighted by Gasteiger charge is -2.34. The average Bonchev–Trinajstić information content (AvgIpc) is 2.46. The van der Waals surface area contributed by atoms with Gasteiger partial charge >= 0.3 is 0 Å². The monoisotopic (exact) mass is 262 g/mol. The summed E-state index contributed by atoms with van der Waals surface area (Å²) < 4.78 is 0. The first kappa shape index (κ1) is 14.4. The van der Waals surface area contributed by atoms with Crippen LogP contribution in [0.1, 0.15) is 24.8 Å². The van der Waals surface area contributed by atoms with Gasteiger partial charge in [0.1, 0.15) is 0 Å². The molecule has 1 aliphatic rings. The van der Waals surface area contributed by atoms with Crippen molar-refractivity contribution in [2.24, 2.45) is 5.73 Å². The molecule has 1 aromatic heterocycles. The van der Waals surface area contributed by atoms with E-state index in [9.17, 15) is 0 Å². The van der Waals surface area contributed by atoms with Crippen LogP contribution in [0.3, 0.4) is 0 Å². The third-order valence-corrected chi connectivity index (χ3v) is 3.77. The average molecular weight is 262 g/mol. The fourth-order valence-corrected chi connectivity index (χ4v) is 2.58. The van der Waals surface area contributed by atoms with Crippen molar-refractivity contribution in [2.45, 2.75) is 25.8 Å². The molecule has 1 fully saturated rings. The number of hydrogen-bond acceptors (Lipinski definition) is 4. The van der Waals surface area contributed by atoms with E-state index in [4.69, 9.17) is 5.73 Å². The lowest BCUT2D eigenvalue weighted by Crippen LogP contribution is -2.46. The molecule has 0 radical (unpaired) electrons. The molecule has 2 heterocycles. The smallest absolute Gasteiger partial charge is 0.0312 e. The Morgan fingerprint density at radius 2 is 1.84 bits per heavy atom. The van der Waals surface area contributed by atoms with E-state index in [1.807, 2.05) is 18.5 Å². The van der Waals surface area contributed by atoms with Crippen molar-refractivity contribution in [3.63, 3.8) is 0 Å². The Balaban J connectivity index is 1.62. The van der Waals surface area contributed by atoms with E-state index >= 15 is 0 Å². The standard InChI is InChI=1S/C15H26N4/c16-6-2-1-3-8-18-9-11-19(12-10-18)14-15-5-4-7-17-13-15/h4-5,7,13H,1-3,6,8-12,14,16H2. The second-order valence-corrected chi connectivity index (χ2v) is 5.33. The minimum atomic E-state index is 0.832. The minimum Gasteiger partial charge on any atom is -0.330 e. The third kappa shape index (κ3) is 5.27. The highest BCUT2D eigenvalue weighted by molar-refractivity contribution is 5.08. The van der Waals surface area contributed by atoms with E-state index in [-0.39, 0.29) is 0 Å². The molecule has 19 heavy (non-hydrogen) atoms. The van der Waals surface area contributed by atoms with E-state index in [1.165, 1.54) is 57.5 Å². The molecule has 2 rings (SSSR count). The molecule has 4 nitrogen and oxygen atoms in total. The maximum Gasteiger partial charge on any atom is 0.0312 e. The van der Waals surface area contributed by atoms with Gasteiger partial charge in [-0.25, -0.2) is 0 Å². The Hall–Kier alpha value is -0.970. The SMILES string of the molecule is NCCCCCN1CCN(Cc2cccnc2)CC1. The fraction of sp³-hybridized carbons (Fsp3) is 0.667. The van der Waals surface area contributed by atoms with E-state index in [0.29, 0.717) is 0 Å². The number of unbranched alkanes of at least 4 members (excludes halogenated alkanes) is 2. The van der Waals surface area contributed by atoms with Crippen LogP contribution in [0.2, 0.25) is 0 Å². The van der Waals surface area contributed by atoms with Crippen LogP contribution in [0.4, 0.5) is 0 Å². The Kier molecular flexibility index (Phi) is 6.27. The molecule has 1 aliphatic heterocycles. The Labute approximate surface area is 116 Å². The van der Waals surface area contributed by atoms with Crippen molar-refractivity contribution >= 4 is 0 Å². The summed E-state index contributed by atoms with van der Waals surface area (Å²) in [5.41, 5.74) is 6.83. The summed E-state index contributed by atoms with van der Waals surface area (Å²) in [5, 5.41) is 0. The topological polar surface area (TPSA) is 45.4 Å². The summed E-state index contributed by atoms with van der Waals surface area (Å²) in [7, 11) is 0. The first-order valence-electron chi connectivity index (χ1n) is 7.42. The summed E-state index contributed by atoms with van der Waals surface area (Å²) in [6.45, 7) is 7.85. The Morgan fingerprint density at radius 3 is 2.53 bits per heavy atom. The third-order valence-electron chi connectivity index (χ3n) is 3.77. The van der Waals surface area contributed by atoms with E-state index < -0.39 is 0 Å². The highest BCUT2D eigenvalue weighted by Crippen LogP contribution is 2.08. The fourth-order valence-electron chi connectivity index (χ4n) is 2.58. The summed E-state index contributed by atoms with van der Waals surface area (Å²) in [4.78, 5) is 9.28. The van der Waals surface area contributed by atoms with Crippen LogP contribution in [0, 0.1) is 0 Å². The van der Waals surface area contributed by atoms with Gasteiger partial charge in [0.2, 0.25) is 0 Å². The van der Waals surface area contributed by atoms with Crippen LogP contribution in [-0.4, -0.2) is 54.1 Å². The zero-order chi connectivity index (χ0) is 13.3. The number of pyridine rings is 1. The normalized spacial score (nSPS) is 17.7. The van der Waals surface area contributed by atoms with Crippen LogP contribution in [0.5, 0.6) is 0 Å². The maximum atomic E-state index is 5.51. The molecule has 0 amide bonds. The maximum absolute atomic E-state index is 5.51. The zero-order valence-electron chi connectivity index (χ0n) is 11.8. The van der Waals surface area contributed by atoms with Gasteiger partial charge in [-0.05, 0) is 37.6 Å². The highest BCUT2D eigenvalue weighted by atomic mass is 15.3. The second-order valence-electron chi connectivity index (χ2n) is 5.33. The highest BCUT2D eigenvalue weighted by Gasteiger charge is 2.16. The lowest BCUT2D eigenvalue weighted by atomic mass is 10.2. The van der Waals surface area contributed by atoms with Gasteiger partial charge in [-0.3, -0.25) is 9.88 Å². The van der Waals surface area contributed by atoms with Crippen molar-refractivity contribution in [3.8, 4) is 0 Å². The Bertz CT molecular complexity index is 333. The van der Waals surface area contributed by atoms with Gasteiger partial charge < -0.3 is 10.6 Å². The molecule has 0 unspecified atom stereocenters. The summed E-state index contributed by atoms with van der Waals surface area (Å²) in [6.07, 6.45) is 7.54. The number of rotatable bonds is 7. The van der Waals surface area contributed by atoms with E-state index in [1.54, 1.807) is 0 Å². The van der Waals surface area contributed by atoms with Crippen molar-refractivity contribution in [1.29, 1.82) is 0 Å². The van der Waals surface area contributed by atoms with Gasteiger partial charge in [-0.2, -0.15) is 0 Å². The largest absolute Gasteiger partial charge is 0.330 e. The number of piperazine rings is 1. The number of aromatic nitrogens is 1. The first-order chi connectivity index (χ1) is 9.38. The summed E-state index contributed by atoms with van der Waals surface area (Å²) in [6, 6.07) is 4.18. The van der Waals surface area contributed by atoms with Gasteiger partial charge in [0.05, 0.1) is 0 Å². The van der Waals surface area contributed by atoms with Crippen LogP contribution in [-0.2, 0) is 6.54 Å². The van der Waals surface area contributed by atoms with Crippen molar-refractivity contribution in [3.05, 3.63) is 30.1 Å². The van der Waals surface area contributed by atoms with Gasteiger partial charge in [0, 0.05) is 45.1 Å². The molecule has 0 spiro atoms. The second kappa shape index (κ2) is 8.25. The molecule has 106 valence electrons. The van der Waals surface area contributed by atoms with Crippen molar-refractivity contribution in [2.75, 3.05) is 39.3 Å². The number of hydrogen-bond donors (Lipinski definition) is 1. The summed E-state index contributed by atoms with van der Waals surface area (Å²) >= 11 is 0. The predicted molar refractivity (Wildman–Crippen MR) is 78.9 cm³/mol. The lowest BCUT2D eigenvalue weighted by molar-refractivity contribution is 0.125. The molecule has 0 saturated carbocycles. The van der Waals surface area contributed by atoms with Crippen molar-refractivity contribution in [1.82, 2.24) is 14.8 Å². The van der Waals surface area contributed by atoms with E-state index in [2.05, 4.69) is 20.9 Å². The number of nitrogens with zero attached hydrogens (tertiary/aromatic N) is 3. The molecule has 0 bridgehead atoms. The molecule has 2 N–H and O–H groups in total. The minimum absolute atomic E-state index is 0.832. The van der Waals surface area contributed by atoms with E-state index in [0.717, 1.165) is 13.1 Å². The quantitative estimate of drug-likeness (QED) is 0.753. The van der Waals surface area contributed by atoms with Gasteiger partial charge in [0.25, 0.3) is 0 Å². The molecule has 1 aromatic rings. The Morgan fingerprint density at radius 1 is 1.05 bits per heavy atom. The molecule has 4 heteroatoms. The number of nitrogens with two attached hydrogens (primary N) is 1. The van der Waals surface area contributed by atoms with Crippen LogP contribution >= 0.6 is 0 Å². The van der Waals surface area contributed by atoms with Gasteiger partial charge in [-0.1, -0.05) is 12.5 Å². The van der Waals surface area contributed by atoms with Crippen LogP contribution < -0.4 is 5.73 Å². The molecular formula is C15H26N4. The van der Waals surface area contributed by atoms with Gasteiger partial charge in [0.15, 0.2) is 0 Å². The molecule has 0 aliphatic carbocycles. The molecule has 0 atom stereocenters. The van der Waals surface area contributed by atoms with Crippen LogP contribution in [0.15, 0.2) is 24.5 Å². The molecule has 1 saturated heterocycles. The predicted octanol–water partition coefficient (Wildman–Crippen LogP) is 1.33. The zero-order valence-corrected chi connectivity index (χ0v) is 11.8. The molecular weight excluding hydrogens is 236 g/mol. The van der Waals surface area contributed by atoms with Gasteiger partial charge in [-0.15, -0.1) is 0 Å². The molecule has 0 aromatic carbocycles. The first-order valence-corrected chi connectivity index (χ1v) is 7.42. The summed E-state index contributed by atoms with van der Waals surface area (Å²) in [5.74, 6) is 0. The van der Waals surface area contributed by atoms with Crippen LogP contribution in [0.25, 0.3) is 0 Å².